The van der Waals surface area contributed by atoms with E-state index in [0.717, 1.165) is 6.42 Å². The molecule has 1 aromatic heterocycles. The maximum absolute atomic E-state index is 12.4. The second-order valence-electron chi connectivity index (χ2n) is 4.42. The summed E-state index contributed by atoms with van der Waals surface area (Å²) in [6, 6.07) is 4.76. The van der Waals surface area contributed by atoms with Crippen LogP contribution < -0.4 is 5.43 Å². The summed E-state index contributed by atoms with van der Waals surface area (Å²) in [5, 5.41) is 0.428. The van der Waals surface area contributed by atoms with Crippen molar-refractivity contribution in [1.29, 1.82) is 0 Å². The predicted molar refractivity (Wildman–Crippen MR) is 72.6 cm³/mol. The molecule has 1 heterocycles. The van der Waals surface area contributed by atoms with Gasteiger partial charge in [-0.3, -0.25) is 4.79 Å². The summed E-state index contributed by atoms with van der Waals surface area (Å²) in [4.78, 5) is 23.9. The van der Waals surface area contributed by atoms with Crippen LogP contribution in [0, 0.1) is 6.92 Å². The van der Waals surface area contributed by atoms with Crippen LogP contribution in [-0.4, -0.2) is 13.1 Å². The first-order valence-corrected chi connectivity index (χ1v) is 6.23. The minimum Gasteiger partial charge on any atom is -0.465 e. The van der Waals surface area contributed by atoms with Crippen LogP contribution in [-0.2, 0) is 11.2 Å². The molecule has 2 aromatic rings. The molecule has 0 radical (unpaired) electrons. The first kappa shape index (κ1) is 13.3. The molecule has 2 rings (SSSR count). The normalized spacial score (nSPS) is 10.7. The molecule has 0 saturated carbocycles. The topological polar surface area (TPSA) is 56.5 Å². The Morgan fingerprint density at radius 2 is 2.11 bits per heavy atom. The number of carbonyl (C=O) groups excluding carboxylic acids is 1. The summed E-state index contributed by atoms with van der Waals surface area (Å²) in [5.74, 6) is 0.184. The molecule has 0 atom stereocenters. The number of carbonyl (C=O) groups is 1. The average Bonchev–Trinajstić information content (AvgIpc) is 2.42. The van der Waals surface area contributed by atoms with Crippen LogP contribution in [0.3, 0.4) is 0 Å². The average molecular weight is 260 g/mol. The van der Waals surface area contributed by atoms with Gasteiger partial charge in [0.15, 0.2) is 5.43 Å². The summed E-state index contributed by atoms with van der Waals surface area (Å²) in [5.41, 5.74) is 1.46. The fourth-order valence-corrected chi connectivity index (χ4v) is 2.13. The number of fused-ring (bicyclic) bond motifs is 1. The van der Waals surface area contributed by atoms with Gasteiger partial charge >= 0.3 is 5.97 Å². The molecular weight excluding hydrogens is 244 g/mol. The molecule has 4 nitrogen and oxygen atoms in total. The van der Waals surface area contributed by atoms with Gasteiger partial charge in [-0.05, 0) is 31.5 Å². The highest BCUT2D eigenvalue weighted by Gasteiger charge is 2.13. The van der Waals surface area contributed by atoms with Crippen LogP contribution in [0.15, 0.2) is 27.4 Å². The van der Waals surface area contributed by atoms with Crippen molar-refractivity contribution in [2.45, 2.75) is 26.7 Å². The summed E-state index contributed by atoms with van der Waals surface area (Å²) in [7, 11) is 1.31. The number of aryl methyl sites for hydroxylation is 1. The van der Waals surface area contributed by atoms with Crippen molar-refractivity contribution in [2.24, 2.45) is 0 Å². The van der Waals surface area contributed by atoms with Gasteiger partial charge in [-0.2, -0.15) is 0 Å². The smallest absolute Gasteiger partial charge is 0.337 e. The molecule has 0 aliphatic heterocycles. The number of benzene rings is 1. The third kappa shape index (κ3) is 2.38. The lowest BCUT2D eigenvalue weighted by molar-refractivity contribution is 0.0601. The van der Waals surface area contributed by atoms with E-state index in [1.165, 1.54) is 13.2 Å². The predicted octanol–water partition coefficient (Wildman–Crippen LogP) is 2.84. The monoisotopic (exact) mass is 260 g/mol. The van der Waals surface area contributed by atoms with E-state index in [4.69, 9.17) is 4.42 Å². The standard InChI is InChI=1S/C15H16O4/c1-4-5-11-9(2)19-13-7-6-10(15(17)18-3)8-12(13)14(11)16/h6-8H,4-5H2,1-3H3. The van der Waals surface area contributed by atoms with E-state index in [1.807, 2.05) is 6.92 Å². The van der Waals surface area contributed by atoms with Crippen molar-refractivity contribution in [1.82, 2.24) is 0 Å². The van der Waals surface area contributed by atoms with Gasteiger partial charge in [-0.1, -0.05) is 13.3 Å². The molecule has 1 aromatic carbocycles. The van der Waals surface area contributed by atoms with Gasteiger partial charge in [0.05, 0.1) is 18.1 Å². The first-order chi connectivity index (χ1) is 9.08. The molecule has 100 valence electrons. The third-order valence-corrected chi connectivity index (χ3v) is 3.11. The van der Waals surface area contributed by atoms with Gasteiger partial charge in [-0.25, -0.2) is 4.79 Å². The zero-order valence-electron chi connectivity index (χ0n) is 11.3. The van der Waals surface area contributed by atoms with Gasteiger partial charge in [0, 0.05) is 5.56 Å². The van der Waals surface area contributed by atoms with E-state index < -0.39 is 5.97 Å². The molecule has 4 heteroatoms. The molecule has 0 aliphatic carbocycles. The number of hydrogen-bond donors (Lipinski definition) is 0. The van der Waals surface area contributed by atoms with Crippen LogP contribution >= 0.6 is 0 Å². The maximum Gasteiger partial charge on any atom is 0.337 e. The number of ether oxygens (including phenoxy) is 1. The lowest BCUT2D eigenvalue weighted by Gasteiger charge is -2.06. The number of hydrogen-bond acceptors (Lipinski definition) is 4. The zero-order chi connectivity index (χ0) is 14.0. The second-order valence-corrected chi connectivity index (χ2v) is 4.42. The van der Waals surface area contributed by atoms with Crippen molar-refractivity contribution < 1.29 is 13.9 Å². The van der Waals surface area contributed by atoms with Gasteiger partial charge in [0.25, 0.3) is 0 Å². The van der Waals surface area contributed by atoms with Crippen LogP contribution in [0.25, 0.3) is 11.0 Å². The Balaban J connectivity index is 2.70. The lowest BCUT2D eigenvalue weighted by Crippen LogP contribution is -2.12. The summed E-state index contributed by atoms with van der Waals surface area (Å²) < 4.78 is 10.3. The fourth-order valence-electron chi connectivity index (χ4n) is 2.13. The van der Waals surface area contributed by atoms with Crippen LogP contribution in [0.5, 0.6) is 0 Å². The number of esters is 1. The van der Waals surface area contributed by atoms with Gasteiger partial charge in [0.2, 0.25) is 0 Å². The molecule has 0 N–H and O–H groups in total. The van der Waals surface area contributed by atoms with Gasteiger partial charge in [-0.15, -0.1) is 0 Å². The Labute approximate surface area is 111 Å². The highest BCUT2D eigenvalue weighted by molar-refractivity contribution is 5.94. The molecule has 0 bridgehead atoms. The first-order valence-electron chi connectivity index (χ1n) is 6.23. The molecular formula is C15H16O4. The fraction of sp³-hybridized carbons (Fsp3) is 0.333. The molecule has 0 saturated heterocycles. The Morgan fingerprint density at radius 3 is 2.74 bits per heavy atom. The second kappa shape index (κ2) is 5.26. The lowest BCUT2D eigenvalue weighted by atomic mass is 10.0. The number of rotatable bonds is 3. The van der Waals surface area contributed by atoms with E-state index in [-0.39, 0.29) is 5.43 Å². The van der Waals surface area contributed by atoms with E-state index in [2.05, 4.69) is 4.74 Å². The van der Waals surface area contributed by atoms with E-state index in [9.17, 15) is 9.59 Å². The molecule has 0 unspecified atom stereocenters. The van der Waals surface area contributed by atoms with Crippen LogP contribution in [0.4, 0.5) is 0 Å². The van der Waals surface area contributed by atoms with E-state index >= 15 is 0 Å². The van der Waals surface area contributed by atoms with Crippen molar-refractivity contribution >= 4 is 16.9 Å². The van der Waals surface area contributed by atoms with Crippen molar-refractivity contribution in [3.05, 3.63) is 45.3 Å². The third-order valence-electron chi connectivity index (χ3n) is 3.11. The minimum atomic E-state index is -0.459. The van der Waals surface area contributed by atoms with Crippen molar-refractivity contribution in [3.8, 4) is 0 Å². The highest BCUT2D eigenvalue weighted by Crippen LogP contribution is 2.18. The summed E-state index contributed by atoms with van der Waals surface area (Å²) >= 11 is 0. The Morgan fingerprint density at radius 1 is 1.37 bits per heavy atom. The number of methoxy groups -OCH3 is 1. The minimum absolute atomic E-state index is 0.0636. The Bertz CT molecular complexity index is 682. The zero-order valence-corrected chi connectivity index (χ0v) is 11.3. The summed E-state index contributed by atoms with van der Waals surface area (Å²) in [6.07, 6.45) is 1.54. The van der Waals surface area contributed by atoms with E-state index in [1.54, 1.807) is 19.1 Å². The SMILES string of the molecule is CCCc1c(C)oc2ccc(C(=O)OC)cc2c1=O. The highest BCUT2D eigenvalue weighted by atomic mass is 16.5. The van der Waals surface area contributed by atoms with Gasteiger partial charge < -0.3 is 9.15 Å². The Kier molecular flexibility index (Phi) is 3.69. The van der Waals surface area contributed by atoms with Gasteiger partial charge in [0.1, 0.15) is 11.3 Å². The molecule has 19 heavy (non-hydrogen) atoms. The molecule has 0 spiro atoms. The van der Waals surface area contributed by atoms with Crippen LogP contribution in [0.2, 0.25) is 0 Å². The molecule has 0 aliphatic rings. The van der Waals surface area contributed by atoms with Crippen molar-refractivity contribution in [3.63, 3.8) is 0 Å². The van der Waals surface area contributed by atoms with Crippen LogP contribution in [0.1, 0.15) is 35.0 Å². The molecule has 0 amide bonds. The summed E-state index contributed by atoms with van der Waals surface area (Å²) in [6.45, 7) is 3.80. The Hall–Kier alpha value is -2.10. The van der Waals surface area contributed by atoms with E-state index in [0.29, 0.717) is 34.3 Å². The maximum atomic E-state index is 12.4. The largest absolute Gasteiger partial charge is 0.465 e. The molecule has 0 fully saturated rings. The quantitative estimate of drug-likeness (QED) is 0.796. The van der Waals surface area contributed by atoms with Crippen molar-refractivity contribution in [2.75, 3.05) is 7.11 Å².